The summed E-state index contributed by atoms with van der Waals surface area (Å²) in [7, 11) is 4.33. The highest BCUT2D eigenvalue weighted by atomic mass is 15.2. The third-order valence-electron chi connectivity index (χ3n) is 4.27. The zero-order chi connectivity index (χ0) is 14.0. The molecule has 106 valence electrons. The standard InChI is InChI=1S/C15H26N4/c1-11(2)13-9-12(3)17-14(18-13)16-10-15(19(4)5)7-6-8-15/h9,11H,6-8,10H2,1-5H3,(H,16,17,18). The number of aryl methyl sites for hydroxylation is 1. The third-order valence-corrected chi connectivity index (χ3v) is 4.27. The Bertz CT molecular complexity index is 436. The van der Waals surface area contributed by atoms with Gasteiger partial charge in [0.25, 0.3) is 0 Å². The predicted molar refractivity (Wildman–Crippen MR) is 79.6 cm³/mol. The van der Waals surface area contributed by atoms with Crippen LogP contribution in [0.2, 0.25) is 0 Å². The van der Waals surface area contributed by atoms with Crippen molar-refractivity contribution in [1.82, 2.24) is 14.9 Å². The fourth-order valence-electron chi connectivity index (χ4n) is 2.58. The largest absolute Gasteiger partial charge is 0.352 e. The molecule has 0 bridgehead atoms. The zero-order valence-electron chi connectivity index (χ0n) is 12.8. The molecule has 0 unspecified atom stereocenters. The summed E-state index contributed by atoms with van der Waals surface area (Å²) in [4.78, 5) is 11.4. The van der Waals surface area contributed by atoms with Crippen LogP contribution in [0.15, 0.2) is 6.07 Å². The molecule has 0 amide bonds. The van der Waals surface area contributed by atoms with Gasteiger partial charge in [-0.25, -0.2) is 9.97 Å². The van der Waals surface area contributed by atoms with E-state index in [0.29, 0.717) is 11.5 Å². The first-order chi connectivity index (χ1) is 8.93. The molecule has 4 nitrogen and oxygen atoms in total. The van der Waals surface area contributed by atoms with Gasteiger partial charge in [-0.15, -0.1) is 0 Å². The number of aromatic nitrogens is 2. The molecule has 0 spiro atoms. The van der Waals surface area contributed by atoms with Crippen molar-refractivity contribution < 1.29 is 0 Å². The summed E-state index contributed by atoms with van der Waals surface area (Å²) in [5.41, 5.74) is 2.45. The first-order valence-corrected chi connectivity index (χ1v) is 7.20. The van der Waals surface area contributed by atoms with Crippen molar-refractivity contribution in [3.63, 3.8) is 0 Å². The smallest absolute Gasteiger partial charge is 0.223 e. The Morgan fingerprint density at radius 1 is 1.32 bits per heavy atom. The van der Waals surface area contributed by atoms with Gasteiger partial charge in [-0.3, -0.25) is 0 Å². The van der Waals surface area contributed by atoms with Crippen LogP contribution in [0.5, 0.6) is 0 Å². The summed E-state index contributed by atoms with van der Waals surface area (Å²) in [6, 6.07) is 2.07. The molecule has 0 radical (unpaired) electrons. The molecule has 1 saturated carbocycles. The molecular weight excluding hydrogens is 236 g/mol. The van der Waals surface area contributed by atoms with Crippen LogP contribution in [-0.4, -0.2) is 41.0 Å². The second-order valence-corrected chi connectivity index (χ2v) is 6.24. The van der Waals surface area contributed by atoms with Crippen LogP contribution in [0.1, 0.15) is 50.4 Å². The molecule has 4 heteroatoms. The van der Waals surface area contributed by atoms with E-state index in [0.717, 1.165) is 23.9 Å². The maximum Gasteiger partial charge on any atom is 0.223 e. The summed E-state index contributed by atoms with van der Waals surface area (Å²) >= 11 is 0. The maximum absolute atomic E-state index is 4.61. The van der Waals surface area contributed by atoms with E-state index in [1.54, 1.807) is 0 Å². The lowest BCUT2D eigenvalue weighted by atomic mass is 9.75. The molecule has 1 N–H and O–H groups in total. The van der Waals surface area contributed by atoms with Crippen molar-refractivity contribution in [3.8, 4) is 0 Å². The molecule has 1 aliphatic rings. The van der Waals surface area contributed by atoms with E-state index in [9.17, 15) is 0 Å². The van der Waals surface area contributed by atoms with Gasteiger partial charge < -0.3 is 10.2 Å². The van der Waals surface area contributed by atoms with Gasteiger partial charge >= 0.3 is 0 Å². The SMILES string of the molecule is Cc1cc(C(C)C)nc(NCC2(N(C)C)CCC2)n1. The van der Waals surface area contributed by atoms with Gasteiger partial charge in [0, 0.05) is 23.5 Å². The topological polar surface area (TPSA) is 41.1 Å². The van der Waals surface area contributed by atoms with Gasteiger partial charge in [0.05, 0.1) is 0 Å². The van der Waals surface area contributed by atoms with Crippen molar-refractivity contribution in [3.05, 3.63) is 17.5 Å². The summed E-state index contributed by atoms with van der Waals surface area (Å²) in [6.45, 7) is 7.29. The van der Waals surface area contributed by atoms with E-state index in [1.165, 1.54) is 19.3 Å². The third kappa shape index (κ3) is 3.06. The van der Waals surface area contributed by atoms with Crippen LogP contribution in [0.25, 0.3) is 0 Å². The zero-order valence-corrected chi connectivity index (χ0v) is 12.8. The minimum atomic E-state index is 0.297. The first-order valence-electron chi connectivity index (χ1n) is 7.20. The molecule has 19 heavy (non-hydrogen) atoms. The van der Waals surface area contributed by atoms with Gasteiger partial charge in [0.1, 0.15) is 0 Å². The summed E-state index contributed by atoms with van der Waals surface area (Å²) in [6.07, 6.45) is 3.84. The average Bonchev–Trinajstić information content (AvgIpc) is 2.26. The van der Waals surface area contributed by atoms with E-state index in [4.69, 9.17) is 0 Å². The molecule has 1 heterocycles. The number of anilines is 1. The monoisotopic (exact) mass is 262 g/mol. The van der Waals surface area contributed by atoms with E-state index >= 15 is 0 Å². The van der Waals surface area contributed by atoms with Crippen LogP contribution < -0.4 is 5.32 Å². The van der Waals surface area contributed by atoms with E-state index in [1.807, 2.05) is 6.92 Å². The minimum absolute atomic E-state index is 0.297. The van der Waals surface area contributed by atoms with Gasteiger partial charge in [-0.05, 0) is 52.3 Å². The summed E-state index contributed by atoms with van der Waals surface area (Å²) in [5.74, 6) is 1.21. The van der Waals surface area contributed by atoms with Crippen molar-refractivity contribution in [1.29, 1.82) is 0 Å². The number of nitrogens with one attached hydrogen (secondary N) is 1. The second kappa shape index (κ2) is 5.45. The molecule has 1 aliphatic carbocycles. The van der Waals surface area contributed by atoms with Gasteiger partial charge in [0.2, 0.25) is 5.95 Å². The number of rotatable bonds is 5. The van der Waals surface area contributed by atoms with Crippen LogP contribution in [0, 0.1) is 6.92 Å². The van der Waals surface area contributed by atoms with Gasteiger partial charge in [0.15, 0.2) is 0 Å². The van der Waals surface area contributed by atoms with E-state index in [2.05, 4.69) is 54.2 Å². The lowest BCUT2D eigenvalue weighted by molar-refractivity contribution is 0.0737. The quantitative estimate of drug-likeness (QED) is 0.886. The van der Waals surface area contributed by atoms with E-state index in [-0.39, 0.29) is 0 Å². The Kier molecular flexibility index (Phi) is 4.09. The number of nitrogens with zero attached hydrogens (tertiary/aromatic N) is 3. The summed E-state index contributed by atoms with van der Waals surface area (Å²) < 4.78 is 0. The Hall–Kier alpha value is -1.16. The first kappa shape index (κ1) is 14.3. The molecule has 0 saturated heterocycles. The molecule has 0 aliphatic heterocycles. The molecule has 1 aromatic rings. The van der Waals surface area contributed by atoms with Gasteiger partial charge in [-0.2, -0.15) is 0 Å². The molecule has 0 aromatic carbocycles. The van der Waals surface area contributed by atoms with Crippen molar-refractivity contribution in [2.75, 3.05) is 26.0 Å². The molecule has 2 rings (SSSR count). The van der Waals surface area contributed by atoms with Crippen molar-refractivity contribution in [2.24, 2.45) is 0 Å². The van der Waals surface area contributed by atoms with Crippen LogP contribution in [0.4, 0.5) is 5.95 Å². The van der Waals surface area contributed by atoms with Gasteiger partial charge in [-0.1, -0.05) is 13.8 Å². The lowest BCUT2D eigenvalue weighted by Crippen LogP contribution is -2.54. The Morgan fingerprint density at radius 3 is 2.47 bits per heavy atom. The highest BCUT2D eigenvalue weighted by molar-refractivity contribution is 5.30. The second-order valence-electron chi connectivity index (χ2n) is 6.24. The number of hydrogen-bond acceptors (Lipinski definition) is 4. The molecule has 1 aromatic heterocycles. The number of likely N-dealkylation sites (N-methyl/N-ethyl adjacent to an activating group) is 1. The van der Waals surface area contributed by atoms with Crippen LogP contribution >= 0.6 is 0 Å². The Balaban J connectivity index is 2.07. The highest BCUT2D eigenvalue weighted by Gasteiger charge is 2.38. The fourth-order valence-corrected chi connectivity index (χ4v) is 2.58. The minimum Gasteiger partial charge on any atom is -0.352 e. The van der Waals surface area contributed by atoms with E-state index < -0.39 is 0 Å². The molecule has 1 fully saturated rings. The van der Waals surface area contributed by atoms with Crippen molar-refractivity contribution >= 4 is 5.95 Å². The van der Waals surface area contributed by atoms with Crippen LogP contribution in [-0.2, 0) is 0 Å². The van der Waals surface area contributed by atoms with Crippen molar-refractivity contribution in [2.45, 2.75) is 51.5 Å². The Labute approximate surface area is 116 Å². The predicted octanol–water partition coefficient (Wildman–Crippen LogP) is 2.80. The highest BCUT2D eigenvalue weighted by Crippen LogP contribution is 2.36. The normalized spacial score (nSPS) is 17.6. The Morgan fingerprint density at radius 2 is 2.00 bits per heavy atom. The maximum atomic E-state index is 4.61. The molecular formula is C15H26N4. The lowest BCUT2D eigenvalue weighted by Gasteiger charge is -2.47. The molecule has 0 atom stereocenters. The van der Waals surface area contributed by atoms with Crippen LogP contribution in [0.3, 0.4) is 0 Å². The number of hydrogen-bond donors (Lipinski definition) is 1. The average molecular weight is 262 g/mol. The summed E-state index contributed by atoms with van der Waals surface area (Å²) in [5, 5.41) is 3.44. The fraction of sp³-hybridized carbons (Fsp3) is 0.733.